The Morgan fingerprint density at radius 3 is 2.76 bits per heavy atom. The highest BCUT2D eigenvalue weighted by Crippen LogP contribution is 2.30. The number of hydrogen-bond acceptors (Lipinski definition) is 3. The van der Waals surface area contributed by atoms with Gasteiger partial charge >= 0.3 is 0 Å². The molecule has 4 heteroatoms. The molecule has 0 bridgehead atoms. The van der Waals surface area contributed by atoms with Crippen molar-refractivity contribution >= 4 is 11.6 Å². The summed E-state index contributed by atoms with van der Waals surface area (Å²) in [5, 5.41) is 9.72. The molecule has 1 unspecified atom stereocenters. The largest absolute Gasteiger partial charge is 0.481 e. The first-order valence-corrected chi connectivity index (χ1v) is 5.39. The fourth-order valence-electron chi connectivity index (χ4n) is 1.45. The highest BCUT2D eigenvalue weighted by Gasteiger charge is 2.18. The summed E-state index contributed by atoms with van der Waals surface area (Å²) < 4.78 is 5.40. The van der Waals surface area contributed by atoms with E-state index in [9.17, 15) is 0 Å². The molecule has 0 fully saturated rings. The van der Waals surface area contributed by atoms with E-state index in [2.05, 4.69) is 12.0 Å². The van der Waals surface area contributed by atoms with Crippen LogP contribution in [0.3, 0.4) is 0 Å². The highest BCUT2D eigenvalue weighted by molar-refractivity contribution is 6.30. The summed E-state index contributed by atoms with van der Waals surface area (Å²) in [4.78, 5) is 1.79. The van der Waals surface area contributed by atoms with Crippen molar-refractivity contribution < 1.29 is 4.74 Å². The van der Waals surface area contributed by atoms with Gasteiger partial charge < -0.3 is 4.74 Å². The fraction of sp³-hybridized carbons (Fsp3) is 0.308. The summed E-state index contributed by atoms with van der Waals surface area (Å²) in [6.07, 6.45) is 5.15. The van der Waals surface area contributed by atoms with Crippen LogP contribution in [0.25, 0.3) is 0 Å². The lowest BCUT2D eigenvalue weighted by atomic mass is 10.1. The van der Waals surface area contributed by atoms with Crippen molar-refractivity contribution in [2.45, 2.75) is 6.04 Å². The molecule has 0 N–H and O–H groups in total. The summed E-state index contributed by atoms with van der Waals surface area (Å²) in [6.45, 7) is 0.167. The smallest absolute Gasteiger partial charge is 0.148 e. The van der Waals surface area contributed by atoms with E-state index in [-0.39, 0.29) is 6.61 Å². The van der Waals surface area contributed by atoms with E-state index in [0.29, 0.717) is 10.8 Å². The number of rotatable bonds is 4. The van der Waals surface area contributed by atoms with Crippen molar-refractivity contribution in [2.75, 3.05) is 20.7 Å². The molecule has 0 aromatic heterocycles. The molecule has 0 aliphatic heterocycles. The van der Waals surface area contributed by atoms with E-state index in [1.54, 1.807) is 23.1 Å². The second-order valence-corrected chi connectivity index (χ2v) is 4.11. The standard InChI is InChI=1S/C13H13ClN2O/c1-4-7-17-13-6-5-10(14)8-11(13)12(9-15)16(2)3/h1,5-6,8,12H,7H2,2-3H3. The van der Waals surface area contributed by atoms with Gasteiger partial charge in [0.15, 0.2) is 0 Å². The summed E-state index contributed by atoms with van der Waals surface area (Å²) in [5.41, 5.74) is 0.722. The number of nitrogens with zero attached hydrogens (tertiary/aromatic N) is 2. The van der Waals surface area contributed by atoms with E-state index in [1.807, 2.05) is 14.1 Å². The Labute approximate surface area is 107 Å². The quantitative estimate of drug-likeness (QED) is 0.768. The van der Waals surface area contributed by atoms with Gasteiger partial charge in [0.05, 0.1) is 6.07 Å². The van der Waals surface area contributed by atoms with E-state index >= 15 is 0 Å². The molecule has 1 aromatic rings. The molecule has 0 saturated heterocycles. The molecule has 0 amide bonds. The Morgan fingerprint density at radius 2 is 2.24 bits per heavy atom. The second kappa shape index (κ2) is 6.15. The summed E-state index contributed by atoms with van der Waals surface area (Å²) in [5.74, 6) is 2.98. The van der Waals surface area contributed by atoms with Crippen molar-refractivity contribution in [3.05, 3.63) is 28.8 Å². The predicted molar refractivity (Wildman–Crippen MR) is 67.8 cm³/mol. The Kier molecular flexibility index (Phi) is 4.84. The number of ether oxygens (including phenoxy) is 1. The maximum absolute atomic E-state index is 9.16. The van der Waals surface area contributed by atoms with Crippen molar-refractivity contribution in [1.82, 2.24) is 4.90 Å². The lowest BCUT2D eigenvalue weighted by molar-refractivity contribution is 0.327. The summed E-state index contributed by atoms with van der Waals surface area (Å²) in [7, 11) is 3.64. The highest BCUT2D eigenvalue weighted by atomic mass is 35.5. The van der Waals surface area contributed by atoms with Gasteiger partial charge in [-0.3, -0.25) is 4.90 Å². The van der Waals surface area contributed by atoms with Crippen molar-refractivity contribution in [3.8, 4) is 24.2 Å². The van der Waals surface area contributed by atoms with Gasteiger partial charge in [-0.25, -0.2) is 0 Å². The van der Waals surface area contributed by atoms with Crippen LogP contribution >= 0.6 is 11.6 Å². The molecule has 3 nitrogen and oxygen atoms in total. The minimum absolute atomic E-state index is 0.167. The first kappa shape index (κ1) is 13.4. The molecule has 1 atom stereocenters. The van der Waals surface area contributed by atoms with Crippen LogP contribution in [-0.2, 0) is 0 Å². The Bertz CT molecular complexity index is 471. The van der Waals surface area contributed by atoms with Gasteiger partial charge in [-0.05, 0) is 32.3 Å². The molecule has 0 radical (unpaired) electrons. The molecule has 0 aliphatic carbocycles. The molecule has 0 saturated carbocycles. The van der Waals surface area contributed by atoms with Gasteiger partial charge in [0.2, 0.25) is 0 Å². The fourth-order valence-corrected chi connectivity index (χ4v) is 1.63. The molecular formula is C13H13ClN2O. The summed E-state index contributed by atoms with van der Waals surface area (Å²) >= 11 is 5.93. The topological polar surface area (TPSA) is 36.3 Å². The van der Waals surface area contributed by atoms with Gasteiger partial charge in [0, 0.05) is 10.6 Å². The average molecular weight is 249 g/mol. The maximum atomic E-state index is 9.16. The van der Waals surface area contributed by atoms with Crippen LogP contribution in [0, 0.1) is 23.7 Å². The monoisotopic (exact) mass is 248 g/mol. The van der Waals surface area contributed by atoms with Crippen LogP contribution in [0.2, 0.25) is 5.02 Å². The SMILES string of the molecule is C#CCOc1ccc(Cl)cc1C(C#N)N(C)C. The first-order valence-electron chi connectivity index (χ1n) is 5.02. The van der Waals surface area contributed by atoms with Crippen LogP contribution in [0.4, 0.5) is 0 Å². The molecule has 88 valence electrons. The number of hydrogen-bond donors (Lipinski definition) is 0. The Hall–Kier alpha value is -1.68. The minimum atomic E-state index is -0.415. The van der Waals surface area contributed by atoms with Gasteiger partial charge in [-0.2, -0.15) is 5.26 Å². The zero-order valence-corrected chi connectivity index (χ0v) is 10.5. The zero-order valence-electron chi connectivity index (χ0n) is 9.77. The lowest BCUT2D eigenvalue weighted by Crippen LogP contribution is -2.19. The molecule has 0 heterocycles. The Morgan fingerprint density at radius 1 is 1.53 bits per heavy atom. The maximum Gasteiger partial charge on any atom is 0.148 e. The van der Waals surface area contributed by atoms with Crippen LogP contribution in [0.5, 0.6) is 5.75 Å². The minimum Gasteiger partial charge on any atom is -0.481 e. The third-order valence-corrected chi connectivity index (χ3v) is 2.45. The molecule has 0 spiro atoms. The molecular weight excluding hydrogens is 236 g/mol. The molecule has 1 rings (SSSR count). The normalized spacial score (nSPS) is 11.6. The van der Waals surface area contributed by atoms with E-state index in [0.717, 1.165) is 5.56 Å². The third-order valence-electron chi connectivity index (χ3n) is 2.22. The van der Waals surface area contributed by atoms with Gasteiger partial charge in [-0.1, -0.05) is 17.5 Å². The molecule has 0 aliphatic rings. The van der Waals surface area contributed by atoms with Crippen molar-refractivity contribution in [2.24, 2.45) is 0 Å². The van der Waals surface area contributed by atoms with E-state index < -0.39 is 6.04 Å². The van der Waals surface area contributed by atoms with Gasteiger partial charge in [0.1, 0.15) is 18.4 Å². The van der Waals surface area contributed by atoms with E-state index in [4.69, 9.17) is 28.0 Å². The first-order chi connectivity index (χ1) is 8.10. The van der Waals surface area contributed by atoms with Crippen LogP contribution in [-0.4, -0.2) is 25.6 Å². The third kappa shape index (κ3) is 3.39. The van der Waals surface area contributed by atoms with Crippen molar-refractivity contribution in [1.29, 1.82) is 5.26 Å². The number of halogens is 1. The number of benzene rings is 1. The van der Waals surface area contributed by atoms with E-state index in [1.165, 1.54) is 0 Å². The predicted octanol–water partition coefficient (Wildman–Crippen LogP) is 2.48. The van der Waals surface area contributed by atoms with Crippen LogP contribution < -0.4 is 4.74 Å². The lowest BCUT2D eigenvalue weighted by Gasteiger charge is -2.20. The number of terminal acetylenes is 1. The Balaban J connectivity index is 3.15. The molecule has 17 heavy (non-hydrogen) atoms. The summed E-state index contributed by atoms with van der Waals surface area (Å²) in [6, 6.07) is 6.94. The van der Waals surface area contributed by atoms with Crippen LogP contribution in [0.15, 0.2) is 18.2 Å². The average Bonchev–Trinajstić information content (AvgIpc) is 2.28. The molecule has 1 aromatic carbocycles. The van der Waals surface area contributed by atoms with Crippen molar-refractivity contribution in [3.63, 3.8) is 0 Å². The van der Waals surface area contributed by atoms with Gasteiger partial charge in [-0.15, -0.1) is 6.42 Å². The second-order valence-electron chi connectivity index (χ2n) is 3.67. The zero-order chi connectivity index (χ0) is 12.8. The van der Waals surface area contributed by atoms with Gasteiger partial charge in [0.25, 0.3) is 0 Å². The number of nitriles is 1. The van der Waals surface area contributed by atoms with Crippen LogP contribution in [0.1, 0.15) is 11.6 Å².